The Kier molecular flexibility index (Phi) is 2.44. The Balaban J connectivity index is 2.63. The van der Waals surface area contributed by atoms with Gasteiger partial charge in [-0.15, -0.1) is 0 Å². The fraction of sp³-hybridized carbons (Fsp3) is 0.500. The summed E-state index contributed by atoms with van der Waals surface area (Å²) in [5.41, 5.74) is 2.17. The molecule has 0 atom stereocenters. The summed E-state index contributed by atoms with van der Waals surface area (Å²) >= 11 is 0. The highest BCUT2D eigenvalue weighted by Crippen LogP contribution is 2.37. The van der Waals surface area contributed by atoms with Crippen LogP contribution in [-0.2, 0) is 23.6 Å². The molecule has 0 bridgehead atoms. The molecule has 0 aliphatic carbocycles. The van der Waals surface area contributed by atoms with Gasteiger partial charge in [-0.25, -0.2) is 0 Å². The number of benzene rings is 1. The number of ether oxygens (including phenoxy) is 2. The molecular weight excluding hydrogens is 192 g/mol. The Hall–Kier alpha value is -1.06. The van der Waals surface area contributed by atoms with Crippen LogP contribution in [0.5, 0.6) is 5.75 Å². The van der Waals surface area contributed by atoms with Gasteiger partial charge in [-0.05, 0) is 31.0 Å². The molecular formula is C12H16O3. The quantitative estimate of drug-likeness (QED) is 0.807. The lowest BCUT2D eigenvalue weighted by atomic mass is 9.90. The van der Waals surface area contributed by atoms with Crippen molar-refractivity contribution in [2.24, 2.45) is 0 Å². The van der Waals surface area contributed by atoms with Gasteiger partial charge in [0.15, 0.2) is 0 Å². The molecule has 3 heteroatoms. The highest BCUT2D eigenvalue weighted by atomic mass is 16.5. The maximum atomic E-state index is 10.1. The maximum absolute atomic E-state index is 10.1. The first kappa shape index (κ1) is 10.5. The summed E-state index contributed by atoms with van der Waals surface area (Å²) in [6.45, 7) is 4.72. The molecule has 82 valence electrons. The predicted molar refractivity (Wildman–Crippen MR) is 56.7 cm³/mol. The lowest BCUT2D eigenvalue weighted by Gasteiger charge is -2.23. The number of methoxy groups -OCH3 is 1. The SMILES string of the molecule is COc1ccc2c(c1C(C)(C)O)COC2. The minimum Gasteiger partial charge on any atom is -0.496 e. The topological polar surface area (TPSA) is 38.7 Å². The Morgan fingerprint density at radius 2 is 2.07 bits per heavy atom. The number of hydrogen-bond donors (Lipinski definition) is 1. The first-order valence-corrected chi connectivity index (χ1v) is 5.03. The van der Waals surface area contributed by atoms with Crippen LogP contribution in [-0.4, -0.2) is 12.2 Å². The van der Waals surface area contributed by atoms with E-state index >= 15 is 0 Å². The van der Waals surface area contributed by atoms with Crippen molar-refractivity contribution >= 4 is 0 Å². The van der Waals surface area contributed by atoms with Crippen LogP contribution >= 0.6 is 0 Å². The number of rotatable bonds is 2. The maximum Gasteiger partial charge on any atom is 0.125 e. The molecule has 1 aromatic rings. The second-order valence-electron chi connectivity index (χ2n) is 4.33. The third-order valence-electron chi connectivity index (χ3n) is 2.71. The monoisotopic (exact) mass is 208 g/mol. The minimum absolute atomic E-state index is 0.561. The molecule has 1 aliphatic rings. The third kappa shape index (κ3) is 1.73. The van der Waals surface area contributed by atoms with Crippen molar-refractivity contribution in [3.63, 3.8) is 0 Å². The molecule has 3 nitrogen and oxygen atoms in total. The van der Waals surface area contributed by atoms with Crippen LogP contribution in [0.2, 0.25) is 0 Å². The molecule has 1 aromatic carbocycles. The zero-order valence-electron chi connectivity index (χ0n) is 9.33. The van der Waals surface area contributed by atoms with Gasteiger partial charge in [0.05, 0.1) is 25.9 Å². The van der Waals surface area contributed by atoms with Gasteiger partial charge in [-0.1, -0.05) is 6.07 Å². The van der Waals surface area contributed by atoms with Crippen molar-refractivity contribution in [3.05, 3.63) is 28.8 Å². The van der Waals surface area contributed by atoms with E-state index in [2.05, 4.69) is 0 Å². The number of aliphatic hydroxyl groups is 1. The fourth-order valence-electron chi connectivity index (χ4n) is 2.07. The Morgan fingerprint density at radius 3 is 2.67 bits per heavy atom. The summed E-state index contributed by atoms with van der Waals surface area (Å²) in [4.78, 5) is 0. The summed E-state index contributed by atoms with van der Waals surface area (Å²) in [6.07, 6.45) is 0. The van der Waals surface area contributed by atoms with Crippen molar-refractivity contribution < 1.29 is 14.6 Å². The van der Waals surface area contributed by atoms with Crippen LogP contribution in [0.15, 0.2) is 12.1 Å². The second-order valence-corrected chi connectivity index (χ2v) is 4.33. The molecule has 1 heterocycles. The van der Waals surface area contributed by atoms with Crippen LogP contribution in [0.3, 0.4) is 0 Å². The van der Waals surface area contributed by atoms with E-state index < -0.39 is 5.60 Å². The van der Waals surface area contributed by atoms with E-state index in [1.165, 1.54) is 0 Å². The van der Waals surface area contributed by atoms with Gasteiger partial charge in [-0.3, -0.25) is 0 Å². The van der Waals surface area contributed by atoms with E-state index in [4.69, 9.17) is 9.47 Å². The first-order valence-electron chi connectivity index (χ1n) is 5.03. The van der Waals surface area contributed by atoms with Gasteiger partial charge in [0.25, 0.3) is 0 Å². The van der Waals surface area contributed by atoms with Crippen molar-refractivity contribution in [3.8, 4) is 5.75 Å². The zero-order chi connectivity index (χ0) is 11.1. The van der Waals surface area contributed by atoms with Crippen molar-refractivity contribution in [2.45, 2.75) is 32.7 Å². The molecule has 1 N–H and O–H groups in total. The average molecular weight is 208 g/mol. The van der Waals surface area contributed by atoms with Crippen LogP contribution in [0.25, 0.3) is 0 Å². The molecule has 2 rings (SSSR count). The van der Waals surface area contributed by atoms with Gasteiger partial charge in [-0.2, -0.15) is 0 Å². The predicted octanol–water partition coefficient (Wildman–Crippen LogP) is 1.95. The van der Waals surface area contributed by atoms with Crippen molar-refractivity contribution in [1.29, 1.82) is 0 Å². The molecule has 0 amide bonds. The van der Waals surface area contributed by atoms with E-state index in [0.29, 0.717) is 13.2 Å². The molecule has 0 radical (unpaired) electrons. The molecule has 0 spiro atoms. The zero-order valence-corrected chi connectivity index (χ0v) is 9.33. The molecule has 0 saturated carbocycles. The highest BCUT2D eigenvalue weighted by molar-refractivity contribution is 5.48. The fourth-order valence-corrected chi connectivity index (χ4v) is 2.07. The summed E-state index contributed by atoms with van der Waals surface area (Å²) in [7, 11) is 1.62. The third-order valence-corrected chi connectivity index (χ3v) is 2.71. The van der Waals surface area contributed by atoms with E-state index in [1.54, 1.807) is 21.0 Å². The van der Waals surface area contributed by atoms with E-state index in [9.17, 15) is 5.11 Å². The molecule has 0 unspecified atom stereocenters. The van der Waals surface area contributed by atoms with Gasteiger partial charge in [0.1, 0.15) is 5.75 Å². The van der Waals surface area contributed by atoms with Crippen LogP contribution < -0.4 is 4.74 Å². The smallest absolute Gasteiger partial charge is 0.125 e. The minimum atomic E-state index is -0.898. The molecule has 15 heavy (non-hydrogen) atoms. The summed E-state index contributed by atoms with van der Waals surface area (Å²) in [5, 5.41) is 10.1. The molecule has 0 fully saturated rings. The highest BCUT2D eigenvalue weighted by Gasteiger charge is 2.28. The Labute approximate surface area is 89.6 Å². The van der Waals surface area contributed by atoms with Crippen LogP contribution in [0, 0.1) is 0 Å². The first-order chi connectivity index (χ1) is 7.04. The summed E-state index contributed by atoms with van der Waals surface area (Å²) < 4.78 is 10.7. The lowest BCUT2D eigenvalue weighted by Crippen LogP contribution is -2.19. The van der Waals surface area contributed by atoms with Crippen molar-refractivity contribution in [1.82, 2.24) is 0 Å². The number of fused-ring (bicyclic) bond motifs is 1. The van der Waals surface area contributed by atoms with E-state index in [0.717, 1.165) is 22.4 Å². The number of hydrogen-bond acceptors (Lipinski definition) is 3. The van der Waals surface area contributed by atoms with Gasteiger partial charge in [0.2, 0.25) is 0 Å². The molecule has 0 aromatic heterocycles. The second kappa shape index (κ2) is 3.51. The standard InChI is InChI=1S/C12H16O3/c1-12(2,13)11-9-7-15-6-8(9)4-5-10(11)14-3/h4-5,13H,6-7H2,1-3H3. The molecule has 1 aliphatic heterocycles. The summed E-state index contributed by atoms with van der Waals surface area (Å²) in [5.74, 6) is 0.728. The largest absolute Gasteiger partial charge is 0.496 e. The normalized spacial score (nSPS) is 15.2. The Morgan fingerprint density at radius 1 is 1.33 bits per heavy atom. The van der Waals surface area contributed by atoms with Crippen LogP contribution in [0.4, 0.5) is 0 Å². The van der Waals surface area contributed by atoms with Crippen LogP contribution in [0.1, 0.15) is 30.5 Å². The van der Waals surface area contributed by atoms with Gasteiger partial charge >= 0.3 is 0 Å². The van der Waals surface area contributed by atoms with Gasteiger partial charge < -0.3 is 14.6 Å². The van der Waals surface area contributed by atoms with Crippen molar-refractivity contribution in [2.75, 3.05) is 7.11 Å². The van der Waals surface area contributed by atoms with Gasteiger partial charge in [0, 0.05) is 5.56 Å². The molecule has 0 saturated heterocycles. The average Bonchev–Trinajstić information content (AvgIpc) is 2.61. The Bertz CT molecular complexity index is 377. The van der Waals surface area contributed by atoms with E-state index in [1.807, 2.05) is 12.1 Å². The summed E-state index contributed by atoms with van der Waals surface area (Å²) in [6, 6.07) is 3.89. The lowest BCUT2D eigenvalue weighted by molar-refractivity contribution is 0.0720. The van der Waals surface area contributed by atoms with E-state index in [-0.39, 0.29) is 0 Å².